The Morgan fingerprint density at radius 1 is 1.22 bits per heavy atom. The summed E-state index contributed by atoms with van der Waals surface area (Å²) in [5.74, 6) is 1.26. The van der Waals surface area contributed by atoms with E-state index in [1.165, 1.54) is 0 Å². The molecule has 8 heteroatoms. The van der Waals surface area contributed by atoms with Crippen LogP contribution in [0.2, 0.25) is 0 Å². The molecule has 1 saturated heterocycles. The van der Waals surface area contributed by atoms with Gasteiger partial charge in [-0.25, -0.2) is 4.98 Å². The molecule has 0 unspecified atom stereocenters. The van der Waals surface area contributed by atoms with Gasteiger partial charge in [0.25, 0.3) is 0 Å². The maximum absolute atomic E-state index is 12.6. The SMILES string of the molecule is CCn1cnc2cc(NC(=O)CC3CCN(C(=O)CCc4c(C)noc4C)CC3)ccc21. The first-order chi connectivity index (χ1) is 15.4. The van der Waals surface area contributed by atoms with E-state index >= 15 is 0 Å². The first-order valence-corrected chi connectivity index (χ1v) is 11.4. The van der Waals surface area contributed by atoms with Crippen LogP contribution in [0.25, 0.3) is 11.0 Å². The summed E-state index contributed by atoms with van der Waals surface area (Å²) in [6, 6.07) is 5.84. The number of amides is 2. The minimum atomic E-state index is 0.0162. The number of piperidine rings is 1. The minimum absolute atomic E-state index is 0.0162. The van der Waals surface area contributed by atoms with Gasteiger partial charge < -0.3 is 19.3 Å². The van der Waals surface area contributed by atoms with Gasteiger partial charge in [-0.2, -0.15) is 0 Å². The van der Waals surface area contributed by atoms with Gasteiger partial charge in [-0.15, -0.1) is 0 Å². The number of rotatable bonds is 7. The zero-order valence-corrected chi connectivity index (χ0v) is 19.1. The van der Waals surface area contributed by atoms with Crippen molar-refractivity contribution >= 4 is 28.5 Å². The third kappa shape index (κ3) is 4.84. The summed E-state index contributed by atoms with van der Waals surface area (Å²) in [5.41, 5.74) is 4.61. The maximum atomic E-state index is 12.6. The fraction of sp³-hybridized carbons (Fsp3) is 0.500. The molecular weight excluding hydrogens is 406 g/mol. The number of carbonyl (C=O) groups is 2. The van der Waals surface area contributed by atoms with Crippen LogP contribution in [0.5, 0.6) is 0 Å². The predicted octanol–water partition coefficient (Wildman–Crippen LogP) is 3.86. The van der Waals surface area contributed by atoms with E-state index < -0.39 is 0 Å². The molecule has 1 fully saturated rings. The van der Waals surface area contributed by atoms with E-state index in [-0.39, 0.29) is 11.8 Å². The number of likely N-dealkylation sites (tertiary alicyclic amines) is 1. The Bertz CT molecular complexity index is 1090. The molecule has 3 aromatic rings. The lowest BCUT2D eigenvalue weighted by atomic mass is 9.93. The highest BCUT2D eigenvalue weighted by Gasteiger charge is 2.25. The fourth-order valence-corrected chi connectivity index (χ4v) is 4.50. The van der Waals surface area contributed by atoms with Gasteiger partial charge in [-0.3, -0.25) is 9.59 Å². The van der Waals surface area contributed by atoms with Gasteiger partial charge in [-0.1, -0.05) is 5.16 Å². The van der Waals surface area contributed by atoms with Gasteiger partial charge in [0, 0.05) is 43.7 Å². The van der Waals surface area contributed by atoms with E-state index in [9.17, 15) is 9.59 Å². The van der Waals surface area contributed by atoms with Gasteiger partial charge in [0.1, 0.15) is 5.76 Å². The molecule has 0 aliphatic carbocycles. The second-order valence-corrected chi connectivity index (χ2v) is 8.61. The number of aryl methyl sites for hydroxylation is 3. The van der Waals surface area contributed by atoms with E-state index in [2.05, 4.69) is 26.9 Å². The third-order valence-electron chi connectivity index (χ3n) is 6.46. The first-order valence-electron chi connectivity index (χ1n) is 11.4. The average molecular weight is 438 g/mol. The number of anilines is 1. The number of hydrogen-bond donors (Lipinski definition) is 1. The highest BCUT2D eigenvalue weighted by atomic mass is 16.5. The van der Waals surface area contributed by atoms with Crippen molar-refractivity contribution < 1.29 is 14.1 Å². The lowest BCUT2D eigenvalue weighted by Gasteiger charge is -2.32. The van der Waals surface area contributed by atoms with Crippen LogP contribution in [-0.2, 0) is 22.6 Å². The Hall–Kier alpha value is -3.16. The molecule has 0 spiro atoms. The molecule has 4 rings (SSSR count). The van der Waals surface area contributed by atoms with Gasteiger partial charge in [0.05, 0.1) is 23.1 Å². The molecule has 1 aliphatic rings. The third-order valence-corrected chi connectivity index (χ3v) is 6.46. The molecule has 0 radical (unpaired) electrons. The summed E-state index contributed by atoms with van der Waals surface area (Å²) in [5, 5.41) is 6.96. The number of aromatic nitrogens is 3. The molecule has 0 saturated carbocycles. The highest BCUT2D eigenvalue weighted by Crippen LogP contribution is 2.24. The molecular formula is C24H31N5O3. The zero-order valence-electron chi connectivity index (χ0n) is 19.1. The van der Waals surface area contributed by atoms with Crippen LogP contribution in [0, 0.1) is 19.8 Å². The molecule has 2 aromatic heterocycles. The maximum Gasteiger partial charge on any atom is 0.224 e. The topological polar surface area (TPSA) is 93.3 Å². The van der Waals surface area contributed by atoms with Gasteiger partial charge >= 0.3 is 0 Å². The monoisotopic (exact) mass is 437 g/mol. The average Bonchev–Trinajstić information content (AvgIpc) is 3.34. The number of benzene rings is 1. The Kier molecular flexibility index (Phi) is 6.58. The highest BCUT2D eigenvalue weighted by molar-refractivity contribution is 5.93. The number of nitrogens with zero attached hydrogens (tertiary/aromatic N) is 4. The standard InChI is InChI=1S/C24H31N5O3/c1-4-28-15-25-21-14-19(5-7-22(21)28)26-23(30)13-18-9-11-29(12-10-18)24(31)8-6-20-16(2)27-32-17(20)3/h5,7,14-15,18H,4,6,8-13H2,1-3H3,(H,26,30). The number of carbonyl (C=O) groups excluding carboxylic acids is 2. The van der Waals surface area contributed by atoms with Crippen LogP contribution in [0.4, 0.5) is 5.69 Å². The summed E-state index contributed by atoms with van der Waals surface area (Å²) in [7, 11) is 0. The Labute approximate surface area is 188 Å². The second kappa shape index (κ2) is 9.54. The van der Waals surface area contributed by atoms with Crippen molar-refractivity contribution in [3.8, 4) is 0 Å². The number of imidazole rings is 1. The molecule has 2 amide bonds. The summed E-state index contributed by atoms with van der Waals surface area (Å²) < 4.78 is 7.25. The smallest absolute Gasteiger partial charge is 0.224 e. The normalized spacial score (nSPS) is 14.8. The van der Waals surface area contributed by atoms with Crippen LogP contribution in [0.15, 0.2) is 29.0 Å². The van der Waals surface area contributed by atoms with E-state index in [1.807, 2.05) is 43.3 Å². The Balaban J connectivity index is 1.23. The number of fused-ring (bicyclic) bond motifs is 1. The second-order valence-electron chi connectivity index (χ2n) is 8.61. The van der Waals surface area contributed by atoms with Crippen molar-refractivity contribution in [1.29, 1.82) is 0 Å². The molecule has 1 aromatic carbocycles. The van der Waals surface area contributed by atoms with E-state index in [4.69, 9.17) is 4.52 Å². The van der Waals surface area contributed by atoms with Crippen molar-refractivity contribution in [2.45, 2.75) is 59.4 Å². The summed E-state index contributed by atoms with van der Waals surface area (Å²) >= 11 is 0. The Morgan fingerprint density at radius 2 is 2.00 bits per heavy atom. The summed E-state index contributed by atoms with van der Waals surface area (Å²) in [6.07, 6.45) is 5.12. The molecule has 170 valence electrons. The number of nitrogens with one attached hydrogen (secondary N) is 1. The molecule has 3 heterocycles. The lowest BCUT2D eigenvalue weighted by Crippen LogP contribution is -2.39. The van der Waals surface area contributed by atoms with Crippen LogP contribution < -0.4 is 5.32 Å². The van der Waals surface area contributed by atoms with Crippen LogP contribution >= 0.6 is 0 Å². The predicted molar refractivity (Wildman–Crippen MR) is 122 cm³/mol. The van der Waals surface area contributed by atoms with Crippen molar-refractivity contribution in [3.63, 3.8) is 0 Å². The molecule has 0 bridgehead atoms. The largest absolute Gasteiger partial charge is 0.361 e. The van der Waals surface area contributed by atoms with Gasteiger partial charge in [0.15, 0.2) is 0 Å². The van der Waals surface area contributed by atoms with Gasteiger partial charge in [0.2, 0.25) is 11.8 Å². The Morgan fingerprint density at radius 3 is 2.69 bits per heavy atom. The lowest BCUT2D eigenvalue weighted by molar-refractivity contribution is -0.132. The fourth-order valence-electron chi connectivity index (χ4n) is 4.50. The van der Waals surface area contributed by atoms with Crippen molar-refractivity contribution in [2.75, 3.05) is 18.4 Å². The quantitative estimate of drug-likeness (QED) is 0.606. The summed E-state index contributed by atoms with van der Waals surface area (Å²) in [6.45, 7) is 8.14. The molecule has 0 atom stereocenters. The van der Waals surface area contributed by atoms with Crippen molar-refractivity contribution in [2.24, 2.45) is 5.92 Å². The van der Waals surface area contributed by atoms with E-state index in [0.717, 1.165) is 53.1 Å². The molecule has 8 nitrogen and oxygen atoms in total. The molecule has 1 aliphatic heterocycles. The van der Waals surface area contributed by atoms with Crippen LogP contribution in [0.3, 0.4) is 0 Å². The van der Waals surface area contributed by atoms with E-state index in [1.54, 1.807) is 0 Å². The van der Waals surface area contributed by atoms with Gasteiger partial charge in [-0.05, 0) is 64.2 Å². The minimum Gasteiger partial charge on any atom is -0.361 e. The zero-order chi connectivity index (χ0) is 22.7. The van der Waals surface area contributed by atoms with Crippen molar-refractivity contribution in [1.82, 2.24) is 19.6 Å². The molecule has 32 heavy (non-hydrogen) atoms. The van der Waals surface area contributed by atoms with Crippen LogP contribution in [0.1, 0.15) is 49.6 Å². The number of hydrogen-bond acceptors (Lipinski definition) is 5. The van der Waals surface area contributed by atoms with E-state index in [0.29, 0.717) is 38.3 Å². The first kappa shape index (κ1) is 22.0. The summed E-state index contributed by atoms with van der Waals surface area (Å²) in [4.78, 5) is 31.5. The van der Waals surface area contributed by atoms with Crippen molar-refractivity contribution in [3.05, 3.63) is 41.5 Å². The van der Waals surface area contributed by atoms with Crippen LogP contribution in [-0.4, -0.2) is 44.5 Å². The molecule has 1 N–H and O–H groups in total.